The van der Waals surface area contributed by atoms with E-state index in [1.165, 1.54) is 7.11 Å². The van der Waals surface area contributed by atoms with Crippen molar-refractivity contribution in [3.05, 3.63) is 82.2 Å². The van der Waals surface area contributed by atoms with Gasteiger partial charge < -0.3 is 19.9 Å². The van der Waals surface area contributed by atoms with Crippen LogP contribution in [0.4, 0.5) is 5.69 Å². The predicted octanol–water partition coefficient (Wildman–Crippen LogP) is 1.51. The Labute approximate surface area is 165 Å². The van der Waals surface area contributed by atoms with Gasteiger partial charge in [0.1, 0.15) is 17.2 Å². The van der Waals surface area contributed by atoms with Crippen LogP contribution in [0.15, 0.2) is 60.7 Å². The predicted molar refractivity (Wildman–Crippen MR) is 106 cm³/mol. The Kier molecular flexibility index (Phi) is 3.67. The van der Waals surface area contributed by atoms with Gasteiger partial charge in [-0.1, -0.05) is 36.4 Å². The van der Waals surface area contributed by atoms with Crippen LogP contribution in [0, 0.1) is 0 Å². The van der Waals surface area contributed by atoms with Crippen LogP contribution in [0.5, 0.6) is 17.2 Å². The number of hydrogen-bond donors (Lipinski definition) is 1. The summed E-state index contributed by atoms with van der Waals surface area (Å²) in [5.41, 5.74) is 8.51. The fraction of sp³-hybridized carbons (Fsp3) is 0.0435. The van der Waals surface area contributed by atoms with E-state index in [9.17, 15) is 9.59 Å². The summed E-state index contributed by atoms with van der Waals surface area (Å²) in [6, 6.07) is 17.7. The average molecular weight is 385 g/mol. The first kappa shape index (κ1) is 17.1. The number of carbonyl (C=O) groups is 2. The summed E-state index contributed by atoms with van der Waals surface area (Å²) < 4.78 is 16.2. The van der Waals surface area contributed by atoms with Crippen molar-refractivity contribution in [3.63, 3.8) is 0 Å². The van der Waals surface area contributed by atoms with Gasteiger partial charge in [0.15, 0.2) is 0 Å². The highest BCUT2D eigenvalue weighted by molar-refractivity contribution is 6.21. The van der Waals surface area contributed by atoms with Gasteiger partial charge in [-0.25, -0.2) is 9.59 Å². The van der Waals surface area contributed by atoms with Crippen molar-refractivity contribution >= 4 is 28.8 Å². The molecule has 0 aromatic heterocycles. The molecule has 6 nitrogen and oxygen atoms in total. The topological polar surface area (TPSA) is 87.8 Å². The molecule has 0 amide bonds. The molecule has 0 saturated heterocycles. The van der Waals surface area contributed by atoms with Crippen molar-refractivity contribution < 1.29 is 23.8 Å². The van der Waals surface area contributed by atoms with Gasteiger partial charge in [-0.05, 0) is 35.4 Å². The zero-order valence-corrected chi connectivity index (χ0v) is 15.4. The van der Waals surface area contributed by atoms with E-state index in [0.29, 0.717) is 50.1 Å². The first-order valence-electron chi connectivity index (χ1n) is 8.93. The molecule has 2 aliphatic heterocycles. The summed E-state index contributed by atoms with van der Waals surface area (Å²) in [5.74, 6) is 0.320. The molecule has 0 atom stereocenters. The van der Waals surface area contributed by atoms with Gasteiger partial charge in [-0.15, -0.1) is 0 Å². The number of ether oxygens (including phenoxy) is 3. The normalized spacial score (nSPS) is 14.4. The number of anilines is 1. The number of fused-ring (bicyclic) bond motifs is 2. The van der Waals surface area contributed by atoms with Crippen LogP contribution in [0.25, 0.3) is 11.1 Å². The van der Waals surface area contributed by atoms with Gasteiger partial charge in [0.25, 0.3) is 0 Å². The van der Waals surface area contributed by atoms with Crippen molar-refractivity contribution in [2.45, 2.75) is 0 Å². The van der Waals surface area contributed by atoms with Crippen molar-refractivity contribution in [2.24, 2.45) is 0 Å². The first-order valence-corrected chi connectivity index (χ1v) is 8.93. The molecule has 0 unspecified atom stereocenters. The monoisotopic (exact) mass is 385 g/mol. The number of hydrogen-bond acceptors (Lipinski definition) is 6. The smallest absolute Gasteiger partial charge is 0.344 e. The maximum Gasteiger partial charge on any atom is 0.344 e. The van der Waals surface area contributed by atoms with E-state index in [0.717, 1.165) is 5.56 Å². The third kappa shape index (κ3) is 2.57. The highest BCUT2D eigenvalue weighted by Gasteiger charge is 2.30. The number of benzene rings is 3. The molecular formula is C23H15NO5. The van der Waals surface area contributed by atoms with Crippen LogP contribution in [0.2, 0.25) is 0 Å². The molecule has 0 bridgehead atoms. The van der Waals surface area contributed by atoms with E-state index < -0.39 is 11.9 Å². The minimum atomic E-state index is -0.483. The Bertz CT molecular complexity index is 1330. The van der Waals surface area contributed by atoms with E-state index in [2.05, 4.69) is 0 Å². The molecule has 3 aromatic carbocycles. The summed E-state index contributed by atoms with van der Waals surface area (Å²) in [6.45, 7) is 0. The highest BCUT2D eigenvalue weighted by Crippen LogP contribution is 2.30. The van der Waals surface area contributed by atoms with Gasteiger partial charge in [-0.3, -0.25) is 0 Å². The molecule has 5 rings (SSSR count). The van der Waals surface area contributed by atoms with E-state index in [1.54, 1.807) is 30.3 Å². The minimum absolute atomic E-state index is 0.366. The third-order valence-electron chi connectivity index (χ3n) is 5.02. The van der Waals surface area contributed by atoms with E-state index in [1.807, 2.05) is 30.3 Å². The average Bonchev–Trinajstić information content (AvgIpc) is 3.21. The second-order valence-corrected chi connectivity index (χ2v) is 6.70. The SMILES string of the molecule is COc1cc(C2=c3cc4c(cc3OC2=O)=C(c2ccccc2)C(=O)O4)ccc1N. The number of nitrogen functional groups attached to an aromatic ring is 1. The summed E-state index contributed by atoms with van der Waals surface area (Å²) >= 11 is 0. The van der Waals surface area contributed by atoms with Crippen LogP contribution in [-0.4, -0.2) is 19.0 Å². The minimum Gasteiger partial charge on any atom is -0.495 e. The zero-order valence-electron chi connectivity index (χ0n) is 15.4. The van der Waals surface area contributed by atoms with Gasteiger partial charge in [0, 0.05) is 10.4 Å². The van der Waals surface area contributed by atoms with Crippen LogP contribution < -0.4 is 30.4 Å². The lowest BCUT2D eigenvalue weighted by Crippen LogP contribution is -2.11. The fourth-order valence-corrected chi connectivity index (χ4v) is 3.66. The second-order valence-electron chi connectivity index (χ2n) is 6.70. The largest absolute Gasteiger partial charge is 0.495 e. The van der Waals surface area contributed by atoms with E-state index >= 15 is 0 Å². The molecular weight excluding hydrogens is 370 g/mol. The Morgan fingerprint density at radius 2 is 1.34 bits per heavy atom. The molecule has 0 aliphatic carbocycles. The van der Waals surface area contributed by atoms with Crippen LogP contribution in [0.1, 0.15) is 11.1 Å². The van der Waals surface area contributed by atoms with Crippen molar-refractivity contribution in [3.8, 4) is 17.2 Å². The Balaban J connectivity index is 1.77. The van der Waals surface area contributed by atoms with Crippen molar-refractivity contribution in [2.75, 3.05) is 12.8 Å². The number of esters is 2. The summed E-state index contributed by atoms with van der Waals surface area (Å²) in [5, 5.41) is 1.16. The molecule has 2 N–H and O–H groups in total. The van der Waals surface area contributed by atoms with Crippen LogP contribution in [-0.2, 0) is 9.59 Å². The third-order valence-corrected chi connectivity index (χ3v) is 5.02. The highest BCUT2D eigenvalue weighted by atomic mass is 16.5. The van der Waals surface area contributed by atoms with Crippen LogP contribution >= 0.6 is 0 Å². The Morgan fingerprint density at radius 3 is 1.93 bits per heavy atom. The summed E-state index contributed by atoms with van der Waals surface area (Å²) in [6.07, 6.45) is 0. The standard InChI is InChI=1S/C23H15NO5/c1-27-19-9-13(7-8-16(19)24)21-15-11-17-14(10-18(15)29-23(21)26)20(22(25)28-17)12-5-3-2-4-6-12/h2-11H,24H2,1H3. The zero-order chi connectivity index (χ0) is 20.1. The molecule has 2 heterocycles. The second kappa shape index (κ2) is 6.24. The molecule has 142 valence electrons. The maximum atomic E-state index is 12.6. The Morgan fingerprint density at radius 1 is 0.759 bits per heavy atom. The van der Waals surface area contributed by atoms with Gasteiger partial charge in [0.05, 0.1) is 23.9 Å². The molecule has 29 heavy (non-hydrogen) atoms. The first-order chi connectivity index (χ1) is 14.1. The fourth-order valence-electron chi connectivity index (χ4n) is 3.66. The number of nitrogens with two attached hydrogens (primary N) is 1. The molecule has 2 aliphatic rings. The summed E-state index contributed by atoms with van der Waals surface area (Å²) in [7, 11) is 1.51. The maximum absolute atomic E-state index is 12.6. The lowest BCUT2D eigenvalue weighted by atomic mass is 10.0. The molecule has 0 saturated carbocycles. The number of carbonyl (C=O) groups excluding carboxylic acids is 2. The molecule has 3 aromatic rings. The van der Waals surface area contributed by atoms with E-state index in [4.69, 9.17) is 19.9 Å². The van der Waals surface area contributed by atoms with Crippen LogP contribution in [0.3, 0.4) is 0 Å². The molecule has 6 heteroatoms. The quantitative estimate of drug-likeness (QED) is 0.418. The van der Waals surface area contributed by atoms with Crippen molar-refractivity contribution in [1.82, 2.24) is 0 Å². The van der Waals surface area contributed by atoms with Gasteiger partial charge >= 0.3 is 11.9 Å². The lowest BCUT2D eigenvalue weighted by Gasteiger charge is -2.07. The summed E-state index contributed by atoms with van der Waals surface area (Å²) in [4.78, 5) is 25.1. The Hall–Kier alpha value is -4.06. The van der Waals surface area contributed by atoms with Crippen molar-refractivity contribution in [1.29, 1.82) is 0 Å². The lowest BCUT2D eigenvalue weighted by molar-refractivity contribution is -0.128. The molecule has 0 fully saturated rings. The number of rotatable bonds is 3. The molecule has 0 radical (unpaired) electrons. The van der Waals surface area contributed by atoms with E-state index in [-0.39, 0.29) is 0 Å². The number of methoxy groups -OCH3 is 1. The van der Waals surface area contributed by atoms with Gasteiger partial charge in [0.2, 0.25) is 0 Å². The van der Waals surface area contributed by atoms with Gasteiger partial charge in [-0.2, -0.15) is 0 Å². The molecule has 0 spiro atoms.